The van der Waals surface area contributed by atoms with Gasteiger partial charge in [0.15, 0.2) is 0 Å². The molecule has 11 heteroatoms. The molecule has 2 atom stereocenters. The van der Waals surface area contributed by atoms with Crippen LogP contribution in [0.5, 0.6) is 0 Å². The first-order valence-electron chi connectivity index (χ1n) is 11.1. The van der Waals surface area contributed by atoms with Gasteiger partial charge in [0.1, 0.15) is 17.8 Å². The Morgan fingerprint density at radius 1 is 1.26 bits per heavy atom. The average molecular weight is 485 g/mol. The fourth-order valence-electron chi connectivity index (χ4n) is 4.26. The fourth-order valence-corrected chi connectivity index (χ4v) is 4.64. The van der Waals surface area contributed by atoms with E-state index in [1.807, 2.05) is 36.7 Å². The number of nitrogens with one attached hydrogen (secondary N) is 1. The second-order valence-electron chi connectivity index (χ2n) is 8.73. The number of aromatic nitrogens is 4. The lowest BCUT2D eigenvalue weighted by Crippen LogP contribution is -2.22. The summed E-state index contributed by atoms with van der Waals surface area (Å²) in [5.41, 5.74) is 3.82. The van der Waals surface area contributed by atoms with Crippen molar-refractivity contribution in [1.82, 2.24) is 19.7 Å². The van der Waals surface area contributed by atoms with Gasteiger partial charge in [0, 0.05) is 17.9 Å². The minimum Gasteiger partial charge on any atom is -0.367 e. The maximum atomic E-state index is 13.3. The number of nitrogens with zero attached hydrogens (tertiary/aromatic N) is 4. The van der Waals surface area contributed by atoms with E-state index in [1.165, 1.54) is 18.1 Å². The van der Waals surface area contributed by atoms with Crippen LogP contribution in [-0.2, 0) is 21.0 Å². The largest absolute Gasteiger partial charge is 0.367 e. The number of hydrogen-bond donors (Lipinski definition) is 2. The Bertz CT molecular complexity index is 1290. The lowest BCUT2D eigenvalue weighted by atomic mass is 10.1. The Morgan fingerprint density at radius 2 is 2.09 bits per heavy atom. The molecular formula is C23H28N6O4S. The van der Waals surface area contributed by atoms with Gasteiger partial charge in [-0.15, -0.1) is 0 Å². The average Bonchev–Trinajstić information content (AvgIpc) is 3.38. The van der Waals surface area contributed by atoms with Crippen LogP contribution in [-0.4, -0.2) is 46.6 Å². The topological polar surface area (TPSA) is 142 Å². The molecule has 0 saturated heterocycles. The molecule has 1 aromatic carbocycles. The Kier molecular flexibility index (Phi) is 7.05. The molecule has 2 aromatic heterocycles. The zero-order valence-corrected chi connectivity index (χ0v) is 20.0. The van der Waals surface area contributed by atoms with Crippen molar-refractivity contribution in [3.63, 3.8) is 0 Å². The van der Waals surface area contributed by atoms with E-state index in [4.69, 9.17) is 9.32 Å². The van der Waals surface area contributed by atoms with E-state index in [-0.39, 0.29) is 24.3 Å². The summed E-state index contributed by atoms with van der Waals surface area (Å²) in [6.07, 6.45) is 5.13. The highest BCUT2D eigenvalue weighted by molar-refractivity contribution is 7.84. The molecule has 0 bridgehead atoms. The minimum atomic E-state index is -3.96. The van der Waals surface area contributed by atoms with Gasteiger partial charge in [0.2, 0.25) is 5.78 Å². The summed E-state index contributed by atoms with van der Waals surface area (Å²) in [7, 11) is -3.96. The molecule has 34 heavy (non-hydrogen) atoms. The normalized spacial score (nSPS) is 18.2. The number of hydrogen-bond acceptors (Lipinski definition) is 8. The molecule has 3 N–H and O–H groups in total. The van der Waals surface area contributed by atoms with Gasteiger partial charge in [-0.1, -0.05) is 29.8 Å². The monoisotopic (exact) mass is 484 g/mol. The van der Waals surface area contributed by atoms with Crippen LogP contribution in [0.15, 0.2) is 42.9 Å². The van der Waals surface area contributed by atoms with Gasteiger partial charge in [0.25, 0.3) is 0 Å². The molecule has 0 spiro atoms. The molecule has 1 aliphatic rings. The van der Waals surface area contributed by atoms with E-state index in [0.717, 1.165) is 24.1 Å². The van der Waals surface area contributed by atoms with Crippen LogP contribution >= 0.6 is 0 Å². The van der Waals surface area contributed by atoms with Gasteiger partial charge in [-0.3, -0.25) is 13.7 Å². The number of aryl methyl sites for hydroxylation is 2. The number of rotatable bonds is 9. The maximum absolute atomic E-state index is 13.3. The number of carbonyl (C=O) groups excluding carboxylic acids is 1. The predicted molar refractivity (Wildman–Crippen MR) is 127 cm³/mol. The van der Waals surface area contributed by atoms with Crippen molar-refractivity contribution >= 4 is 21.9 Å². The van der Waals surface area contributed by atoms with Gasteiger partial charge < -0.3 is 5.32 Å². The highest BCUT2D eigenvalue weighted by Gasteiger charge is 2.28. The first-order chi connectivity index (χ1) is 16.2. The summed E-state index contributed by atoms with van der Waals surface area (Å²) in [4.78, 5) is 21.6. The summed E-state index contributed by atoms with van der Waals surface area (Å²) in [5, 5.41) is 12.8. The quantitative estimate of drug-likeness (QED) is 0.441. The fraction of sp³-hybridized carbons (Fsp3) is 0.391. The van der Waals surface area contributed by atoms with Gasteiger partial charge >= 0.3 is 10.3 Å². The molecule has 1 fully saturated rings. The van der Waals surface area contributed by atoms with Crippen LogP contribution in [0.25, 0.3) is 0 Å². The van der Waals surface area contributed by atoms with Crippen LogP contribution in [0.1, 0.15) is 52.1 Å². The number of benzene rings is 1. The van der Waals surface area contributed by atoms with Crippen LogP contribution in [0.4, 0.5) is 5.82 Å². The van der Waals surface area contributed by atoms with Gasteiger partial charge in [0.05, 0.1) is 18.7 Å². The van der Waals surface area contributed by atoms with Crippen molar-refractivity contribution in [2.24, 2.45) is 11.1 Å². The number of ketones is 1. The van der Waals surface area contributed by atoms with Crippen molar-refractivity contribution in [3.05, 3.63) is 70.9 Å². The SMILES string of the molecule is Cc1cccc(Cn2nc(C(=O)c3cncnc3N[C@H]3CC[C@@H](COS(N)(=O)=O)C3)cc2C)c1. The first kappa shape index (κ1) is 24.0. The summed E-state index contributed by atoms with van der Waals surface area (Å²) in [6, 6.07) is 9.97. The zero-order chi connectivity index (χ0) is 24.3. The number of anilines is 1. The maximum Gasteiger partial charge on any atom is 0.333 e. The number of carbonyl (C=O) groups is 1. The van der Waals surface area contributed by atoms with E-state index in [0.29, 0.717) is 30.0 Å². The highest BCUT2D eigenvalue weighted by Crippen LogP contribution is 2.29. The van der Waals surface area contributed by atoms with Gasteiger partial charge in [-0.05, 0) is 50.7 Å². The molecule has 1 saturated carbocycles. The summed E-state index contributed by atoms with van der Waals surface area (Å²) < 4.78 is 28.6. The van der Waals surface area contributed by atoms with E-state index >= 15 is 0 Å². The molecular weight excluding hydrogens is 456 g/mol. The van der Waals surface area contributed by atoms with E-state index in [1.54, 1.807) is 6.07 Å². The Balaban J connectivity index is 1.46. The van der Waals surface area contributed by atoms with E-state index < -0.39 is 10.3 Å². The van der Waals surface area contributed by atoms with Crippen molar-refractivity contribution in [2.45, 2.75) is 45.7 Å². The molecule has 0 aliphatic heterocycles. The minimum absolute atomic E-state index is 0.0242. The van der Waals surface area contributed by atoms with Gasteiger partial charge in [-0.25, -0.2) is 15.1 Å². The van der Waals surface area contributed by atoms with Crippen LogP contribution in [0, 0.1) is 19.8 Å². The Labute approximate surface area is 198 Å². The third-order valence-corrected chi connectivity index (χ3v) is 6.40. The third kappa shape index (κ3) is 6.04. The van der Waals surface area contributed by atoms with Crippen molar-refractivity contribution in [2.75, 3.05) is 11.9 Å². The van der Waals surface area contributed by atoms with Crippen LogP contribution < -0.4 is 10.5 Å². The molecule has 1 aliphatic carbocycles. The molecule has 3 aromatic rings. The second-order valence-corrected chi connectivity index (χ2v) is 9.95. The molecule has 0 amide bonds. The molecule has 0 unspecified atom stereocenters. The van der Waals surface area contributed by atoms with Gasteiger partial charge in [-0.2, -0.15) is 13.5 Å². The molecule has 4 rings (SSSR count). The van der Waals surface area contributed by atoms with Crippen LogP contribution in [0.3, 0.4) is 0 Å². The predicted octanol–water partition coefficient (Wildman–Crippen LogP) is 2.37. The summed E-state index contributed by atoms with van der Waals surface area (Å²) >= 11 is 0. The summed E-state index contributed by atoms with van der Waals surface area (Å²) in [5.74, 6) is 0.224. The molecule has 10 nitrogen and oxygen atoms in total. The zero-order valence-electron chi connectivity index (χ0n) is 19.1. The smallest absolute Gasteiger partial charge is 0.333 e. The standard InChI is InChI=1S/C23H28N6O4S/c1-15-4-3-5-17(8-15)12-29-16(2)9-21(28-29)22(30)20-11-25-14-26-23(20)27-19-7-6-18(10-19)13-33-34(24,31)32/h3-5,8-9,11,14,18-19H,6-7,10,12-13H2,1-2H3,(H2,24,31,32)(H,25,26,27)/t18-,19+/m1/s1. The first-order valence-corrected chi connectivity index (χ1v) is 12.5. The van der Waals surface area contributed by atoms with E-state index in [2.05, 4.69) is 26.4 Å². The molecule has 180 valence electrons. The lowest BCUT2D eigenvalue weighted by molar-refractivity contribution is 0.103. The number of nitrogens with two attached hydrogens (primary N) is 1. The van der Waals surface area contributed by atoms with E-state index in [9.17, 15) is 13.2 Å². The van der Waals surface area contributed by atoms with Crippen molar-refractivity contribution < 1.29 is 17.4 Å². The van der Waals surface area contributed by atoms with Crippen molar-refractivity contribution in [1.29, 1.82) is 0 Å². The summed E-state index contributed by atoms with van der Waals surface area (Å²) in [6.45, 7) is 4.58. The molecule has 2 heterocycles. The van der Waals surface area contributed by atoms with Crippen molar-refractivity contribution in [3.8, 4) is 0 Å². The highest BCUT2D eigenvalue weighted by atomic mass is 32.2. The Hall–Kier alpha value is -3.15. The third-order valence-electron chi connectivity index (χ3n) is 5.94. The van der Waals surface area contributed by atoms with Crippen LogP contribution in [0.2, 0.25) is 0 Å². The second kappa shape index (κ2) is 10.00. The Morgan fingerprint density at radius 3 is 2.85 bits per heavy atom. The molecule has 0 radical (unpaired) electrons. The lowest BCUT2D eigenvalue weighted by Gasteiger charge is -2.15.